The molecule has 0 spiro atoms. The minimum atomic E-state index is -4.07. The fourth-order valence-corrected chi connectivity index (χ4v) is 5.38. The number of hydrogen-bond donors (Lipinski definition) is 1. The molecular formula is C30H35ClN4O6S. The summed E-state index contributed by atoms with van der Waals surface area (Å²) in [5.74, 6) is -1.03. The molecule has 0 aliphatic carbocycles. The summed E-state index contributed by atoms with van der Waals surface area (Å²) >= 11 is 6.08. The highest BCUT2D eigenvalue weighted by atomic mass is 35.5. The predicted molar refractivity (Wildman–Crippen MR) is 164 cm³/mol. The second-order valence-corrected chi connectivity index (χ2v) is 12.5. The highest BCUT2D eigenvalue weighted by Gasteiger charge is 2.34. The van der Waals surface area contributed by atoms with Crippen LogP contribution in [-0.4, -0.2) is 54.9 Å². The van der Waals surface area contributed by atoms with Gasteiger partial charge in [-0.05, 0) is 49.1 Å². The Hall–Kier alpha value is -3.96. The van der Waals surface area contributed by atoms with Crippen molar-refractivity contribution in [2.75, 3.05) is 17.1 Å². The Kier molecular flexibility index (Phi) is 11.1. The molecule has 0 saturated carbocycles. The fraction of sp³-hybridized carbons (Fsp3) is 0.333. The number of carbonyl (C=O) groups excluding carboxylic acids is 2. The van der Waals surface area contributed by atoms with Crippen molar-refractivity contribution < 1.29 is 22.9 Å². The summed E-state index contributed by atoms with van der Waals surface area (Å²) in [6.07, 6.45) is 1.78. The van der Waals surface area contributed by atoms with Crippen LogP contribution < -0.4 is 9.62 Å². The molecule has 42 heavy (non-hydrogen) atoms. The third-order valence-corrected chi connectivity index (χ3v) is 8.27. The number of carbonyl (C=O) groups is 2. The summed E-state index contributed by atoms with van der Waals surface area (Å²) in [6, 6.07) is 18.7. The van der Waals surface area contributed by atoms with Gasteiger partial charge in [0.05, 0.1) is 16.9 Å². The van der Waals surface area contributed by atoms with Crippen molar-refractivity contribution in [3.05, 3.63) is 105 Å². The van der Waals surface area contributed by atoms with E-state index in [0.717, 1.165) is 22.2 Å². The maximum Gasteiger partial charge on any atom is 0.271 e. The predicted octanol–water partition coefficient (Wildman–Crippen LogP) is 4.88. The third-order valence-electron chi connectivity index (χ3n) is 6.89. The van der Waals surface area contributed by atoms with Gasteiger partial charge in [0.2, 0.25) is 21.8 Å². The molecule has 10 nitrogen and oxygen atoms in total. The van der Waals surface area contributed by atoms with E-state index in [0.29, 0.717) is 22.6 Å². The van der Waals surface area contributed by atoms with Gasteiger partial charge in [0.25, 0.3) is 5.69 Å². The van der Waals surface area contributed by atoms with E-state index in [1.54, 1.807) is 31.2 Å². The highest BCUT2D eigenvalue weighted by Crippen LogP contribution is 2.28. The topological polar surface area (TPSA) is 130 Å². The van der Waals surface area contributed by atoms with Gasteiger partial charge in [0, 0.05) is 36.2 Å². The largest absolute Gasteiger partial charge is 0.352 e. The van der Waals surface area contributed by atoms with E-state index < -0.39 is 33.4 Å². The van der Waals surface area contributed by atoms with Gasteiger partial charge in [-0.1, -0.05) is 67.1 Å². The van der Waals surface area contributed by atoms with Crippen LogP contribution in [0.3, 0.4) is 0 Å². The van der Waals surface area contributed by atoms with E-state index in [2.05, 4.69) is 5.32 Å². The lowest BCUT2D eigenvalue weighted by Gasteiger charge is -2.34. The average Bonchev–Trinajstić information content (AvgIpc) is 2.94. The number of nitro groups is 1. The lowest BCUT2D eigenvalue weighted by atomic mass is 10.0. The minimum absolute atomic E-state index is 0.00699. The van der Waals surface area contributed by atoms with Crippen LogP contribution in [0.2, 0.25) is 5.02 Å². The second-order valence-electron chi connectivity index (χ2n) is 10.2. The molecular weight excluding hydrogens is 580 g/mol. The fourth-order valence-electron chi connectivity index (χ4n) is 4.36. The molecule has 0 saturated heterocycles. The molecule has 1 N–H and O–H groups in total. The van der Waals surface area contributed by atoms with Crippen LogP contribution in [0.4, 0.5) is 11.4 Å². The van der Waals surface area contributed by atoms with E-state index >= 15 is 0 Å². The number of nitrogens with zero attached hydrogens (tertiary/aromatic N) is 3. The zero-order chi connectivity index (χ0) is 31.0. The number of nitrogens with one attached hydrogen (secondary N) is 1. The van der Waals surface area contributed by atoms with E-state index in [9.17, 15) is 28.1 Å². The zero-order valence-electron chi connectivity index (χ0n) is 24.0. The van der Waals surface area contributed by atoms with E-state index in [-0.39, 0.29) is 36.3 Å². The molecule has 0 aliphatic heterocycles. The Labute approximate surface area is 251 Å². The molecule has 0 aliphatic rings. The maximum absolute atomic E-state index is 14.1. The van der Waals surface area contributed by atoms with Crippen molar-refractivity contribution >= 4 is 44.8 Å². The summed E-state index contributed by atoms with van der Waals surface area (Å²) in [5.41, 5.74) is 1.61. The summed E-state index contributed by atoms with van der Waals surface area (Å²) in [6.45, 7) is 4.72. The highest BCUT2D eigenvalue weighted by molar-refractivity contribution is 7.92. The zero-order valence-corrected chi connectivity index (χ0v) is 25.6. The maximum atomic E-state index is 14.1. The summed E-state index contributed by atoms with van der Waals surface area (Å²) < 4.78 is 26.8. The third kappa shape index (κ3) is 8.77. The van der Waals surface area contributed by atoms with Crippen molar-refractivity contribution in [3.63, 3.8) is 0 Å². The van der Waals surface area contributed by atoms with Gasteiger partial charge >= 0.3 is 0 Å². The van der Waals surface area contributed by atoms with Crippen molar-refractivity contribution in [1.82, 2.24) is 10.2 Å². The molecule has 0 heterocycles. The first kappa shape index (κ1) is 32.6. The van der Waals surface area contributed by atoms with Crippen LogP contribution in [0, 0.1) is 17.0 Å². The Morgan fingerprint density at radius 1 is 1.02 bits per heavy atom. The standard InChI is InChI=1S/C30H35ClN4O6S/c1-5-22(3)32-30(37)28(17-23-9-7-6-8-10-23)33(19-24-12-14-25(31)15-13-24)29(36)20-34(42(4,40)41)27-18-26(35(38)39)16-11-21(27)2/h6-16,18,22,28H,5,17,19-20H2,1-4H3,(H,32,37)/t22-,28+/m1/s1. The Morgan fingerprint density at radius 2 is 1.67 bits per heavy atom. The molecule has 2 atom stereocenters. The molecule has 0 aromatic heterocycles. The number of benzene rings is 3. The van der Waals surface area contributed by atoms with E-state index in [1.165, 1.54) is 17.0 Å². The van der Waals surface area contributed by atoms with Gasteiger partial charge in [-0.15, -0.1) is 0 Å². The minimum Gasteiger partial charge on any atom is -0.352 e. The molecule has 12 heteroatoms. The number of halogens is 1. The molecule has 3 aromatic carbocycles. The number of sulfonamides is 1. The smallest absolute Gasteiger partial charge is 0.271 e. The molecule has 0 radical (unpaired) electrons. The van der Waals surface area contributed by atoms with Crippen LogP contribution in [-0.2, 0) is 32.6 Å². The summed E-state index contributed by atoms with van der Waals surface area (Å²) in [7, 11) is -4.07. The number of rotatable bonds is 13. The molecule has 3 aromatic rings. The monoisotopic (exact) mass is 614 g/mol. The van der Waals surface area contributed by atoms with Gasteiger partial charge in [-0.2, -0.15) is 0 Å². The van der Waals surface area contributed by atoms with Crippen LogP contribution in [0.25, 0.3) is 0 Å². The SMILES string of the molecule is CC[C@@H](C)NC(=O)[C@H](Cc1ccccc1)N(Cc1ccc(Cl)cc1)C(=O)CN(c1cc([N+](=O)[O-])ccc1C)S(C)(=O)=O. The van der Waals surface area contributed by atoms with Crippen molar-refractivity contribution in [2.45, 2.75) is 52.2 Å². The molecule has 2 amide bonds. The van der Waals surface area contributed by atoms with Crippen molar-refractivity contribution in [3.8, 4) is 0 Å². The molecule has 0 bridgehead atoms. The van der Waals surface area contributed by atoms with Crippen LogP contribution >= 0.6 is 11.6 Å². The number of nitro benzene ring substituents is 1. The second kappa shape index (κ2) is 14.3. The molecule has 3 rings (SSSR count). The number of non-ortho nitro benzene ring substituents is 1. The number of anilines is 1. The first-order valence-electron chi connectivity index (χ1n) is 13.4. The first-order chi connectivity index (χ1) is 19.8. The van der Waals surface area contributed by atoms with E-state index in [1.807, 2.05) is 44.2 Å². The van der Waals surface area contributed by atoms with Crippen LogP contribution in [0.15, 0.2) is 72.8 Å². The Balaban J connectivity index is 2.10. The lowest BCUT2D eigenvalue weighted by molar-refractivity contribution is -0.384. The van der Waals surface area contributed by atoms with Crippen LogP contribution in [0.5, 0.6) is 0 Å². The molecule has 0 fully saturated rings. The normalized spacial score (nSPS) is 12.7. The quantitative estimate of drug-likeness (QED) is 0.216. The van der Waals surface area contributed by atoms with Crippen molar-refractivity contribution in [1.29, 1.82) is 0 Å². The molecule has 224 valence electrons. The first-order valence-corrected chi connectivity index (χ1v) is 15.6. The number of hydrogen-bond acceptors (Lipinski definition) is 6. The van der Waals surface area contributed by atoms with Gasteiger partial charge in [0.1, 0.15) is 12.6 Å². The lowest BCUT2D eigenvalue weighted by Crippen LogP contribution is -2.54. The van der Waals surface area contributed by atoms with E-state index in [4.69, 9.17) is 11.6 Å². The number of aryl methyl sites for hydroxylation is 1. The van der Waals surface area contributed by atoms with Gasteiger partial charge < -0.3 is 10.2 Å². The van der Waals surface area contributed by atoms with Crippen LogP contribution in [0.1, 0.15) is 37.0 Å². The summed E-state index contributed by atoms with van der Waals surface area (Å²) in [4.78, 5) is 40.0. The average molecular weight is 615 g/mol. The van der Waals surface area contributed by atoms with Gasteiger partial charge in [-0.25, -0.2) is 8.42 Å². The van der Waals surface area contributed by atoms with Crippen molar-refractivity contribution in [2.24, 2.45) is 0 Å². The van der Waals surface area contributed by atoms with Gasteiger partial charge in [0.15, 0.2) is 0 Å². The Bertz CT molecular complexity index is 1520. The molecule has 0 unspecified atom stereocenters. The van der Waals surface area contributed by atoms with Gasteiger partial charge in [-0.3, -0.25) is 24.0 Å². The Morgan fingerprint density at radius 3 is 2.24 bits per heavy atom. The summed E-state index contributed by atoms with van der Waals surface area (Å²) in [5, 5.41) is 14.9. The number of amides is 2.